The molecule has 0 aromatic heterocycles. The molecule has 0 saturated heterocycles. The van der Waals surface area contributed by atoms with Gasteiger partial charge in [-0.1, -0.05) is 76.5 Å². The van der Waals surface area contributed by atoms with Crippen molar-refractivity contribution in [2.45, 2.75) is 71.1 Å². The Kier molecular flexibility index (Phi) is 16.9. The van der Waals surface area contributed by atoms with Gasteiger partial charge in [0.1, 0.15) is 18.9 Å². The predicted octanol–water partition coefficient (Wildman–Crippen LogP) is 1.51. The Morgan fingerprint density at radius 2 is 1.29 bits per heavy atom. The maximum absolute atomic E-state index is 5.76. The molecule has 1 rings (SSSR count). The molecule has 1 aromatic carbocycles. The third-order valence-electron chi connectivity index (χ3n) is 4.50. The van der Waals surface area contributed by atoms with Gasteiger partial charge in [-0.2, -0.15) is 0 Å². The molecule has 0 radical (unpaired) electrons. The lowest BCUT2D eigenvalue weighted by Crippen LogP contribution is -3.09. The highest BCUT2D eigenvalue weighted by Crippen LogP contribution is 2.10. The molecule has 24 heavy (non-hydrogen) atoms. The van der Waals surface area contributed by atoms with Crippen molar-refractivity contribution in [3.63, 3.8) is 0 Å². The number of quaternary nitrogens is 1. The molecule has 0 aliphatic carbocycles. The van der Waals surface area contributed by atoms with E-state index in [1.807, 2.05) is 30.3 Å². The first-order chi connectivity index (χ1) is 11.3. The molecule has 0 saturated carbocycles. The molecule has 3 heteroatoms. The molecule has 0 heterocycles. The average molecular weight is 400 g/mol. The topological polar surface area (TPSA) is 13.7 Å². The third-order valence-corrected chi connectivity index (χ3v) is 4.50. The molecule has 1 N–H and O–H groups in total. The van der Waals surface area contributed by atoms with Gasteiger partial charge in [0, 0.05) is 0 Å². The largest absolute Gasteiger partial charge is 1.00 e. The van der Waals surface area contributed by atoms with E-state index in [-0.39, 0.29) is 17.0 Å². The minimum atomic E-state index is 0. The fourth-order valence-corrected chi connectivity index (χ4v) is 2.90. The second-order valence-corrected chi connectivity index (χ2v) is 6.80. The molecular weight excluding hydrogens is 362 g/mol. The summed E-state index contributed by atoms with van der Waals surface area (Å²) in [6.45, 7) is 5.46. The van der Waals surface area contributed by atoms with Crippen molar-refractivity contribution >= 4 is 0 Å². The highest BCUT2D eigenvalue weighted by molar-refractivity contribution is 5.20. The Bertz CT molecular complexity index is 358. The molecule has 0 aliphatic rings. The number of hydrogen-bond acceptors (Lipinski definition) is 1. The lowest BCUT2D eigenvalue weighted by Gasteiger charge is -2.14. The van der Waals surface area contributed by atoms with Crippen molar-refractivity contribution in [2.24, 2.45) is 0 Å². The van der Waals surface area contributed by atoms with E-state index in [0.717, 1.165) is 18.9 Å². The smallest absolute Gasteiger partial charge is 0.137 e. The van der Waals surface area contributed by atoms with Crippen molar-refractivity contribution in [2.75, 3.05) is 26.7 Å². The predicted molar refractivity (Wildman–Crippen MR) is 100 cm³/mol. The number of halogens is 1. The Morgan fingerprint density at radius 1 is 0.750 bits per heavy atom. The zero-order chi connectivity index (χ0) is 16.6. The van der Waals surface area contributed by atoms with Gasteiger partial charge < -0.3 is 26.6 Å². The molecular formula is C21H38BrNO. The fraction of sp³-hybridized carbons (Fsp3) is 0.714. The lowest BCUT2D eigenvalue weighted by atomic mass is 10.1. The zero-order valence-electron chi connectivity index (χ0n) is 15.9. The van der Waals surface area contributed by atoms with E-state index < -0.39 is 0 Å². The summed E-state index contributed by atoms with van der Waals surface area (Å²) in [5, 5.41) is 0. The molecule has 0 fully saturated rings. The molecule has 0 spiro atoms. The van der Waals surface area contributed by atoms with E-state index in [0.29, 0.717) is 0 Å². The van der Waals surface area contributed by atoms with Crippen LogP contribution in [-0.4, -0.2) is 26.7 Å². The quantitative estimate of drug-likeness (QED) is 0.441. The normalized spacial score (nSPS) is 11.8. The Balaban J connectivity index is 0.00000529. The molecule has 0 bridgehead atoms. The maximum atomic E-state index is 5.76. The first-order valence-corrected chi connectivity index (χ1v) is 9.82. The summed E-state index contributed by atoms with van der Waals surface area (Å²) in [5.74, 6) is 0.985. The van der Waals surface area contributed by atoms with Crippen LogP contribution in [0.25, 0.3) is 0 Å². The van der Waals surface area contributed by atoms with Gasteiger partial charge in [0.15, 0.2) is 0 Å². The number of likely N-dealkylation sites (N-methyl/N-ethyl adjacent to an activating group) is 1. The van der Waals surface area contributed by atoms with Crippen molar-refractivity contribution < 1.29 is 26.6 Å². The molecule has 2 nitrogen and oxygen atoms in total. The van der Waals surface area contributed by atoms with Gasteiger partial charge in [-0.25, -0.2) is 0 Å². The van der Waals surface area contributed by atoms with Crippen molar-refractivity contribution in [3.8, 4) is 5.75 Å². The first-order valence-electron chi connectivity index (χ1n) is 9.82. The standard InChI is InChI=1S/C21H37NO.BrH/c1-3-4-5-6-7-8-9-10-11-15-18-22(2)19-20-23-21-16-13-12-14-17-21;/h12-14,16-17H,3-11,15,18-20H2,1-2H3;1H. The van der Waals surface area contributed by atoms with Crippen molar-refractivity contribution in [1.82, 2.24) is 0 Å². The van der Waals surface area contributed by atoms with Crippen molar-refractivity contribution in [1.29, 1.82) is 0 Å². The minimum absolute atomic E-state index is 0. The van der Waals surface area contributed by atoms with E-state index >= 15 is 0 Å². The van der Waals surface area contributed by atoms with Gasteiger partial charge in [-0.3, -0.25) is 0 Å². The number of para-hydroxylation sites is 1. The van der Waals surface area contributed by atoms with E-state index in [9.17, 15) is 0 Å². The molecule has 1 unspecified atom stereocenters. The summed E-state index contributed by atoms with van der Waals surface area (Å²) >= 11 is 0. The van der Waals surface area contributed by atoms with E-state index in [4.69, 9.17) is 4.74 Å². The Labute approximate surface area is 160 Å². The van der Waals surface area contributed by atoms with Crippen LogP contribution in [0.2, 0.25) is 0 Å². The van der Waals surface area contributed by atoms with Crippen LogP contribution < -0.4 is 26.6 Å². The number of rotatable bonds is 15. The van der Waals surface area contributed by atoms with Gasteiger partial charge in [0.2, 0.25) is 0 Å². The second kappa shape index (κ2) is 17.3. The molecule has 0 aliphatic heterocycles. The fourth-order valence-electron chi connectivity index (χ4n) is 2.90. The first kappa shape index (κ1) is 23.5. The summed E-state index contributed by atoms with van der Waals surface area (Å²) in [7, 11) is 2.28. The highest BCUT2D eigenvalue weighted by atomic mass is 79.9. The molecule has 0 amide bonds. The lowest BCUT2D eigenvalue weighted by molar-refractivity contribution is -0.879. The summed E-state index contributed by atoms with van der Waals surface area (Å²) in [6, 6.07) is 10.1. The number of hydrogen-bond donors (Lipinski definition) is 1. The van der Waals surface area contributed by atoms with Gasteiger partial charge in [-0.05, 0) is 25.0 Å². The van der Waals surface area contributed by atoms with Crippen LogP contribution in [0.1, 0.15) is 71.1 Å². The Hall–Kier alpha value is -0.540. The van der Waals surface area contributed by atoms with Crippen molar-refractivity contribution in [3.05, 3.63) is 30.3 Å². The Morgan fingerprint density at radius 3 is 1.88 bits per heavy atom. The van der Waals surface area contributed by atoms with Crippen LogP contribution in [0, 0.1) is 0 Å². The summed E-state index contributed by atoms with van der Waals surface area (Å²) in [4.78, 5) is 1.58. The van der Waals surface area contributed by atoms with E-state index in [2.05, 4.69) is 14.0 Å². The molecule has 140 valence electrons. The van der Waals surface area contributed by atoms with Gasteiger partial charge in [0.25, 0.3) is 0 Å². The van der Waals surface area contributed by atoms with Gasteiger partial charge >= 0.3 is 0 Å². The summed E-state index contributed by atoms with van der Waals surface area (Å²) in [5.41, 5.74) is 0. The second-order valence-electron chi connectivity index (χ2n) is 6.80. The number of benzene rings is 1. The molecule has 1 aromatic rings. The summed E-state index contributed by atoms with van der Waals surface area (Å²) in [6.07, 6.45) is 14.1. The monoisotopic (exact) mass is 399 g/mol. The van der Waals surface area contributed by atoms with Crippen LogP contribution in [0.5, 0.6) is 5.75 Å². The molecule has 1 atom stereocenters. The van der Waals surface area contributed by atoms with Gasteiger partial charge in [0.05, 0.1) is 13.6 Å². The van der Waals surface area contributed by atoms with Crippen LogP contribution >= 0.6 is 0 Å². The van der Waals surface area contributed by atoms with E-state index in [1.165, 1.54) is 70.8 Å². The minimum Gasteiger partial charge on any atom is -1.00 e. The SMILES string of the molecule is CCCCCCCCCCCC[NH+](C)CCOc1ccccc1.[Br-]. The maximum Gasteiger partial charge on any atom is 0.137 e. The highest BCUT2D eigenvalue weighted by Gasteiger charge is 2.02. The third kappa shape index (κ3) is 13.9. The number of unbranched alkanes of at least 4 members (excludes halogenated alkanes) is 9. The van der Waals surface area contributed by atoms with Crippen LogP contribution in [-0.2, 0) is 0 Å². The summed E-state index contributed by atoms with van der Waals surface area (Å²) < 4.78 is 5.76. The van der Waals surface area contributed by atoms with Crippen LogP contribution in [0.4, 0.5) is 0 Å². The van der Waals surface area contributed by atoms with E-state index in [1.54, 1.807) is 4.90 Å². The van der Waals surface area contributed by atoms with Crippen LogP contribution in [0.3, 0.4) is 0 Å². The number of nitrogens with one attached hydrogen (secondary N) is 1. The van der Waals surface area contributed by atoms with Gasteiger partial charge in [-0.15, -0.1) is 0 Å². The average Bonchev–Trinajstić information content (AvgIpc) is 2.57. The zero-order valence-corrected chi connectivity index (χ0v) is 17.5. The van der Waals surface area contributed by atoms with Crippen LogP contribution in [0.15, 0.2) is 30.3 Å². The number of ether oxygens (including phenoxy) is 1.